The van der Waals surface area contributed by atoms with Crippen molar-refractivity contribution in [2.75, 3.05) is 9.80 Å². The van der Waals surface area contributed by atoms with Crippen molar-refractivity contribution in [3.63, 3.8) is 0 Å². The molecule has 0 saturated carbocycles. The van der Waals surface area contributed by atoms with Gasteiger partial charge in [0.25, 0.3) is 0 Å². The molecule has 0 fully saturated rings. The first-order valence-corrected chi connectivity index (χ1v) is 28.5. The van der Waals surface area contributed by atoms with Gasteiger partial charge in [0.15, 0.2) is 0 Å². The number of rotatable bonds is 12. The molecule has 0 saturated heterocycles. The number of nitrogens with zero attached hydrogens (tertiary/aromatic N) is 3. The molecular weight excluding hydrogens is 1000 g/mol. The molecule has 1 aromatic heterocycles. The van der Waals surface area contributed by atoms with Crippen LogP contribution in [0.5, 0.6) is 0 Å². The van der Waals surface area contributed by atoms with E-state index in [1.807, 2.05) is 0 Å². The zero-order valence-electron chi connectivity index (χ0n) is 45.6. The average Bonchev–Trinajstić information content (AvgIpc) is 4.00. The number of hydrogen-bond donors (Lipinski definition) is 0. The van der Waals surface area contributed by atoms with Gasteiger partial charge in [0, 0.05) is 60.8 Å². The van der Waals surface area contributed by atoms with Crippen LogP contribution in [0.2, 0.25) is 0 Å². The number of anilines is 6. The number of fused-ring (bicyclic) bond motifs is 5. The molecule has 0 amide bonds. The minimum Gasteiger partial charge on any atom is -0.309 e. The lowest BCUT2D eigenvalue weighted by molar-refractivity contribution is 1.18. The van der Waals surface area contributed by atoms with Gasteiger partial charge in [-0.2, -0.15) is 0 Å². The number of hydrogen-bond acceptors (Lipinski definition) is 2. The number of aromatic nitrogens is 1. The number of benzene rings is 14. The Morgan fingerprint density at radius 1 is 0.181 bits per heavy atom. The number of para-hydroxylation sites is 2. The molecule has 0 spiro atoms. The van der Waals surface area contributed by atoms with Crippen LogP contribution in [0.15, 0.2) is 334 Å². The van der Waals surface area contributed by atoms with Gasteiger partial charge in [-0.3, -0.25) is 0 Å². The maximum Gasteiger partial charge on any atom is 0.0620 e. The van der Waals surface area contributed by atoms with Crippen molar-refractivity contribution in [3.8, 4) is 61.3 Å². The summed E-state index contributed by atoms with van der Waals surface area (Å²) in [7, 11) is 0. The van der Waals surface area contributed by atoms with Gasteiger partial charge < -0.3 is 14.4 Å². The summed E-state index contributed by atoms with van der Waals surface area (Å²) in [4.78, 5) is 5.03. The Hall–Kier alpha value is -11.0. The molecule has 0 aliphatic carbocycles. The van der Waals surface area contributed by atoms with Crippen LogP contribution in [0.4, 0.5) is 34.1 Å². The first-order chi connectivity index (χ1) is 41.2. The van der Waals surface area contributed by atoms with Crippen molar-refractivity contribution in [3.05, 3.63) is 334 Å². The highest BCUT2D eigenvalue weighted by atomic mass is 15.2. The molecule has 83 heavy (non-hydrogen) atoms. The maximum atomic E-state index is 2.53. The van der Waals surface area contributed by atoms with Crippen LogP contribution in [0.3, 0.4) is 0 Å². The van der Waals surface area contributed by atoms with E-state index in [2.05, 4.69) is 348 Å². The molecule has 15 rings (SSSR count). The summed E-state index contributed by atoms with van der Waals surface area (Å²) in [6, 6.07) is 122. The van der Waals surface area contributed by atoms with Gasteiger partial charge in [-0.25, -0.2) is 0 Å². The van der Waals surface area contributed by atoms with Crippen LogP contribution in [-0.4, -0.2) is 4.57 Å². The Kier molecular flexibility index (Phi) is 12.6. The molecule has 3 nitrogen and oxygen atoms in total. The third-order valence-electron chi connectivity index (χ3n) is 16.3. The second-order valence-electron chi connectivity index (χ2n) is 21.2. The molecule has 390 valence electrons. The fraction of sp³-hybridized carbons (Fsp3) is 0. The Labute approximate surface area is 484 Å². The van der Waals surface area contributed by atoms with Crippen LogP contribution in [0.1, 0.15) is 0 Å². The molecule has 0 unspecified atom stereocenters. The van der Waals surface area contributed by atoms with Crippen molar-refractivity contribution in [2.45, 2.75) is 0 Å². The zero-order chi connectivity index (χ0) is 55.1. The SMILES string of the molecule is c1ccc(-c2ccc(N(c3ccc(-c4ccccc4)cc3)c3c4ccc(-c5ccccc5)cc4c(N(c4ccc(-c5ccccc5)cc4)c4ccc5c(c4)c4ccccc4n5-c4ccccc4)c4ccc(-c5ccccc5)cc34)cc2)cc1. The average molecular weight is 1060 g/mol. The Morgan fingerprint density at radius 3 is 0.892 bits per heavy atom. The van der Waals surface area contributed by atoms with Gasteiger partial charge in [0.05, 0.1) is 22.4 Å². The van der Waals surface area contributed by atoms with Crippen molar-refractivity contribution >= 4 is 77.5 Å². The fourth-order valence-corrected chi connectivity index (χ4v) is 12.4. The van der Waals surface area contributed by atoms with Crippen LogP contribution < -0.4 is 9.80 Å². The van der Waals surface area contributed by atoms with Gasteiger partial charge in [-0.1, -0.05) is 249 Å². The van der Waals surface area contributed by atoms with E-state index in [0.29, 0.717) is 0 Å². The van der Waals surface area contributed by atoms with Gasteiger partial charge >= 0.3 is 0 Å². The highest BCUT2D eigenvalue weighted by Gasteiger charge is 2.28. The van der Waals surface area contributed by atoms with Crippen molar-refractivity contribution < 1.29 is 0 Å². The summed E-state index contributed by atoms with van der Waals surface area (Å²) in [6.07, 6.45) is 0. The molecule has 14 aromatic carbocycles. The van der Waals surface area contributed by atoms with E-state index in [1.54, 1.807) is 0 Å². The smallest absolute Gasteiger partial charge is 0.0620 e. The fourth-order valence-electron chi connectivity index (χ4n) is 12.4. The minimum absolute atomic E-state index is 1.05. The van der Waals surface area contributed by atoms with Crippen molar-refractivity contribution in [1.82, 2.24) is 4.57 Å². The highest BCUT2D eigenvalue weighted by molar-refractivity contribution is 6.25. The molecule has 0 atom stereocenters. The normalized spacial score (nSPS) is 11.4. The van der Waals surface area contributed by atoms with E-state index >= 15 is 0 Å². The van der Waals surface area contributed by atoms with Crippen LogP contribution >= 0.6 is 0 Å². The largest absolute Gasteiger partial charge is 0.309 e. The molecule has 0 N–H and O–H groups in total. The molecule has 0 radical (unpaired) electrons. The molecule has 0 aliphatic heterocycles. The van der Waals surface area contributed by atoms with E-state index in [9.17, 15) is 0 Å². The predicted molar refractivity (Wildman–Crippen MR) is 352 cm³/mol. The van der Waals surface area contributed by atoms with Crippen LogP contribution in [0.25, 0.3) is 105 Å². The van der Waals surface area contributed by atoms with Gasteiger partial charge in [0.1, 0.15) is 0 Å². The van der Waals surface area contributed by atoms with Gasteiger partial charge in [0.2, 0.25) is 0 Å². The van der Waals surface area contributed by atoms with Gasteiger partial charge in [-0.15, -0.1) is 0 Å². The third-order valence-corrected chi connectivity index (χ3v) is 16.3. The molecule has 1 heterocycles. The third kappa shape index (κ3) is 9.07. The lowest BCUT2D eigenvalue weighted by atomic mass is 9.91. The molecule has 3 heteroatoms. The van der Waals surface area contributed by atoms with Crippen LogP contribution in [0, 0.1) is 0 Å². The molecule has 0 bridgehead atoms. The minimum atomic E-state index is 1.05. The Bertz CT molecular complexity index is 4690. The zero-order valence-corrected chi connectivity index (χ0v) is 45.6. The quantitative estimate of drug-likeness (QED) is 0.0892. The standard InChI is InChI=1S/C80H55N3/c1-7-21-56(22-8-1)61-35-43-67(44-36-61)81(68-45-37-62(38-46-68)57-23-9-2-10-24-57)79-72-50-41-65(60-29-15-5-16-30-60)54-76(72)80(73-51-42-64(53-75(73)79)59-27-13-4-14-28-59)82(69-47-39-63(40-48-69)58-25-11-3-12-26-58)70-49-52-78-74(55-70)71-33-19-20-34-77(71)83(78)66-31-17-6-18-32-66/h1-55H. The summed E-state index contributed by atoms with van der Waals surface area (Å²) >= 11 is 0. The summed E-state index contributed by atoms with van der Waals surface area (Å²) in [5.41, 5.74) is 21.4. The second kappa shape index (κ2) is 21.2. The van der Waals surface area contributed by atoms with Gasteiger partial charge in [-0.05, 0) is 141 Å². The van der Waals surface area contributed by atoms with E-state index in [0.717, 1.165) is 106 Å². The lowest BCUT2D eigenvalue weighted by Crippen LogP contribution is -2.15. The highest BCUT2D eigenvalue weighted by Crippen LogP contribution is 2.53. The Morgan fingerprint density at radius 2 is 0.482 bits per heavy atom. The first kappa shape index (κ1) is 49.1. The second-order valence-corrected chi connectivity index (χ2v) is 21.2. The van der Waals surface area contributed by atoms with E-state index in [-0.39, 0.29) is 0 Å². The summed E-state index contributed by atoms with van der Waals surface area (Å²) in [5.74, 6) is 0. The molecule has 15 aromatic rings. The molecule has 0 aliphatic rings. The monoisotopic (exact) mass is 1060 g/mol. The lowest BCUT2D eigenvalue weighted by Gasteiger charge is -2.33. The first-order valence-electron chi connectivity index (χ1n) is 28.5. The van der Waals surface area contributed by atoms with Crippen LogP contribution in [-0.2, 0) is 0 Å². The van der Waals surface area contributed by atoms with E-state index in [1.165, 1.54) is 33.0 Å². The van der Waals surface area contributed by atoms with E-state index < -0.39 is 0 Å². The van der Waals surface area contributed by atoms with E-state index in [4.69, 9.17) is 0 Å². The predicted octanol–water partition coefficient (Wildman–Crippen LogP) is 22.4. The summed E-state index contributed by atoms with van der Waals surface area (Å²) in [5, 5.41) is 6.84. The van der Waals surface area contributed by atoms with Crippen molar-refractivity contribution in [1.29, 1.82) is 0 Å². The summed E-state index contributed by atoms with van der Waals surface area (Å²) < 4.78 is 2.40. The molecular formula is C80H55N3. The Balaban J connectivity index is 1.06. The van der Waals surface area contributed by atoms with Crippen molar-refractivity contribution in [2.24, 2.45) is 0 Å². The maximum absolute atomic E-state index is 2.53. The summed E-state index contributed by atoms with van der Waals surface area (Å²) in [6.45, 7) is 0. The topological polar surface area (TPSA) is 11.4 Å².